The van der Waals surface area contributed by atoms with Crippen molar-refractivity contribution in [2.24, 2.45) is 0 Å². The fourth-order valence-electron chi connectivity index (χ4n) is 2.14. The molecule has 0 aliphatic heterocycles. The lowest BCUT2D eigenvalue weighted by Gasteiger charge is -2.14. The Bertz CT molecular complexity index is 606. The Kier molecular flexibility index (Phi) is 7.21. The van der Waals surface area contributed by atoms with Crippen molar-refractivity contribution in [3.63, 3.8) is 0 Å². The molecule has 2 aromatic rings. The maximum Gasteiger partial charge on any atom is 0.162 e. The van der Waals surface area contributed by atoms with E-state index in [0.717, 1.165) is 22.6 Å². The quantitative estimate of drug-likeness (QED) is 0.627. The smallest absolute Gasteiger partial charge is 0.162 e. The minimum absolute atomic E-state index is 0.512. The third kappa shape index (κ3) is 5.80. The Morgan fingerprint density at radius 3 is 2.48 bits per heavy atom. The van der Waals surface area contributed by atoms with Gasteiger partial charge in [0.15, 0.2) is 11.5 Å². The first-order chi connectivity index (χ1) is 11.3. The van der Waals surface area contributed by atoms with E-state index in [1.807, 2.05) is 74.5 Å². The highest BCUT2D eigenvalue weighted by molar-refractivity contribution is 5.55. The van der Waals surface area contributed by atoms with E-state index in [2.05, 4.69) is 0 Å². The molecule has 0 fully saturated rings. The number of rotatable bonds is 9. The predicted octanol–water partition coefficient (Wildman–Crippen LogP) is 4.71. The van der Waals surface area contributed by atoms with Gasteiger partial charge < -0.3 is 14.2 Å². The molecule has 0 unspecified atom stereocenters. The number of benzene rings is 2. The van der Waals surface area contributed by atoms with Gasteiger partial charge in [0.05, 0.1) is 6.61 Å². The zero-order valence-corrected chi connectivity index (χ0v) is 13.8. The van der Waals surface area contributed by atoms with Crippen LogP contribution in [0.3, 0.4) is 0 Å². The summed E-state index contributed by atoms with van der Waals surface area (Å²) in [5, 5.41) is 0. The molecule has 2 aromatic carbocycles. The second kappa shape index (κ2) is 9.70. The summed E-state index contributed by atoms with van der Waals surface area (Å²) in [4.78, 5) is 0. The lowest BCUT2D eigenvalue weighted by molar-refractivity contribution is 0.108. The highest BCUT2D eigenvalue weighted by atomic mass is 16.5. The van der Waals surface area contributed by atoms with Crippen molar-refractivity contribution in [2.75, 3.05) is 19.8 Å². The summed E-state index contributed by atoms with van der Waals surface area (Å²) in [6.45, 7) is 6.27. The first-order valence-electron chi connectivity index (χ1n) is 7.97. The highest BCUT2D eigenvalue weighted by Crippen LogP contribution is 2.29. The fourth-order valence-corrected chi connectivity index (χ4v) is 2.14. The lowest BCUT2D eigenvalue weighted by atomic mass is 10.2. The molecule has 0 atom stereocenters. The van der Waals surface area contributed by atoms with Gasteiger partial charge in [-0.25, -0.2) is 0 Å². The van der Waals surface area contributed by atoms with Crippen molar-refractivity contribution in [2.45, 2.75) is 20.5 Å². The first kappa shape index (κ1) is 17.1. The Labute approximate surface area is 138 Å². The normalized spacial score (nSPS) is 10.9. The van der Waals surface area contributed by atoms with Gasteiger partial charge in [0.25, 0.3) is 0 Å². The third-order valence-corrected chi connectivity index (χ3v) is 3.25. The molecule has 3 nitrogen and oxygen atoms in total. The molecule has 0 N–H and O–H groups in total. The molecule has 0 spiro atoms. The molecular weight excluding hydrogens is 288 g/mol. The van der Waals surface area contributed by atoms with Crippen molar-refractivity contribution in [1.29, 1.82) is 0 Å². The average Bonchev–Trinajstić information content (AvgIpc) is 2.59. The molecule has 0 radical (unpaired) electrons. The summed E-state index contributed by atoms with van der Waals surface area (Å²) in [6, 6.07) is 16.1. The van der Waals surface area contributed by atoms with Gasteiger partial charge >= 0.3 is 0 Å². The van der Waals surface area contributed by atoms with Crippen LogP contribution in [0.4, 0.5) is 0 Å². The topological polar surface area (TPSA) is 27.7 Å². The van der Waals surface area contributed by atoms with Crippen LogP contribution in [0.2, 0.25) is 0 Å². The molecule has 3 heteroatoms. The van der Waals surface area contributed by atoms with Gasteiger partial charge in [-0.1, -0.05) is 48.6 Å². The van der Waals surface area contributed by atoms with Crippen molar-refractivity contribution in [3.05, 3.63) is 65.7 Å². The molecule has 0 heterocycles. The van der Waals surface area contributed by atoms with Gasteiger partial charge in [0, 0.05) is 6.61 Å². The van der Waals surface area contributed by atoms with E-state index in [9.17, 15) is 0 Å². The van der Waals surface area contributed by atoms with Gasteiger partial charge in [-0.05, 0) is 37.1 Å². The highest BCUT2D eigenvalue weighted by Gasteiger charge is 2.07. The van der Waals surface area contributed by atoms with Crippen molar-refractivity contribution in [3.8, 4) is 11.5 Å². The Morgan fingerprint density at radius 1 is 0.913 bits per heavy atom. The number of allylic oxidation sites excluding steroid dienone is 1. The third-order valence-electron chi connectivity index (χ3n) is 3.25. The maximum atomic E-state index is 5.97. The summed E-state index contributed by atoms with van der Waals surface area (Å²) in [7, 11) is 0. The first-order valence-corrected chi connectivity index (χ1v) is 7.97. The van der Waals surface area contributed by atoms with Crippen LogP contribution in [0, 0.1) is 0 Å². The molecule has 0 saturated heterocycles. The SMILES string of the molecule is C/C=C/c1ccc(OCCOCC)c(OCc2ccccc2)c1. The van der Waals surface area contributed by atoms with Crippen LogP contribution in [0.25, 0.3) is 6.08 Å². The van der Waals surface area contributed by atoms with E-state index in [0.29, 0.717) is 26.4 Å². The van der Waals surface area contributed by atoms with Crippen LogP contribution in [0.15, 0.2) is 54.6 Å². The second-order valence-electron chi connectivity index (χ2n) is 5.03. The van der Waals surface area contributed by atoms with Crippen LogP contribution in [-0.2, 0) is 11.3 Å². The maximum absolute atomic E-state index is 5.97. The number of hydrogen-bond acceptors (Lipinski definition) is 3. The molecule has 122 valence electrons. The largest absolute Gasteiger partial charge is 0.487 e. The van der Waals surface area contributed by atoms with Crippen LogP contribution in [0.5, 0.6) is 11.5 Å². The average molecular weight is 312 g/mol. The van der Waals surface area contributed by atoms with Crippen molar-refractivity contribution in [1.82, 2.24) is 0 Å². The van der Waals surface area contributed by atoms with Crippen LogP contribution in [0.1, 0.15) is 25.0 Å². The summed E-state index contributed by atoms with van der Waals surface area (Å²) in [6.07, 6.45) is 4.05. The van der Waals surface area contributed by atoms with Crippen LogP contribution < -0.4 is 9.47 Å². The predicted molar refractivity (Wildman–Crippen MR) is 93.9 cm³/mol. The fraction of sp³-hybridized carbons (Fsp3) is 0.300. The van der Waals surface area contributed by atoms with Crippen molar-refractivity contribution < 1.29 is 14.2 Å². The zero-order chi connectivity index (χ0) is 16.3. The van der Waals surface area contributed by atoms with E-state index in [1.54, 1.807) is 0 Å². The van der Waals surface area contributed by atoms with Crippen molar-refractivity contribution >= 4 is 6.08 Å². The van der Waals surface area contributed by atoms with E-state index < -0.39 is 0 Å². The zero-order valence-electron chi connectivity index (χ0n) is 13.8. The minimum Gasteiger partial charge on any atom is -0.487 e. The van der Waals surface area contributed by atoms with E-state index in [1.165, 1.54) is 0 Å². The molecule has 0 aliphatic carbocycles. The minimum atomic E-state index is 0.512. The Balaban J connectivity index is 2.07. The summed E-state index contributed by atoms with van der Waals surface area (Å²) < 4.78 is 17.1. The Morgan fingerprint density at radius 2 is 1.74 bits per heavy atom. The van der Waals surface area contributed by atoms with Gasteiger partial charge in [-0.3, -0.25) is 0 Å². The Hall–Kier alpha value is -2.26. The molecule has 0 saturated carbocycles. The van der Waals surface area contributed by atoms with E-state index in [-0.39, 0.29) is 0 Å². The summed E-state index contributed by atoms with van der Waals surface area (Å²) in [5.74, 6) is 1.50. The summed E-state index contributed by atoms with van der Waals surface area (Å²) >= 11 is 0. The van der Waals surface area contributed by atoms with Crippen LogP contribution in [-0.4, -0.2) is 19.8 Å². The molecule has 0 aliphatic rings. The van der Waals surface area contributed by atoms with Gasteiger partial charge in [0.2, 0.25) is 0 Å². The van der Waals surface area contributed by atoms with E-state index in [4.69, 9.17) is 14.2 Å². The molecule has 2 rings (SSSR count). The standard InChI is InChI=1S/C20H24O3/c1-3-8-17-11-12-19(22-14-13-21-4-2)20(15-17)23-16-18-9-6-5-7-10-18/h3,5-12,15H,4,13-14,16H2,1-2H3/b8-3+. The number of hydrogen-bond donors (Lipinski definition) is 0. The molecule has 0 bridgehead atoms. The van der Waals surface area contributed by atoms with Gasteiger partial charge in [0.1, 0.15) is 13.2 Å². The number of ether oxygens (including phenoxy) is 3. The van der Waals surface area contributed by atoms with Crippen LogP contribution >= 0.6 is 0 Å². The molecule has 23 heavy (non-hydrogen) atoms. The molecule has 0 amide bonds. The second-order valence-corrected chi connectivity index (χ2v) is 5.03. The van der Waals surface area contributed by atoms with E-state index >= 15 is 0 Å². The summed E-state index contributed by atoms with van der Waals surface area (Å²) in [5.41, 5.74) is 2.22. The lowest BCUT2D eigenvalue weighted by Crippen LogP contribution is -2.07. The monoisotopic (exact) mass is 312 g/mol. The van der Waals surface area contributed by atoms with Gasteiger partial charge in [-0.2, -0.15) is 0 Å². The molecular formula is C20H24O3. The van der Waals surface area contributed by atoms with Gasteiger partial charge in [-0.15, -0.1) is 0 Å². The molecule has 0 aromatic heterocycles.